The number of aliphatic hydroxyl groups is 1. The molecule has 0 unspecified atom stereocenters. The number of rotatable bonds is 3. The number of aliphatic hydroxyl groups excluding tert-OH is 1. The number of H-pyrrole nitrogens is 1. The molecule has 26 heavy (non-hydrogen) atoms. The highest BCUT2D eigenvalue weighted by molar-refractivity contribution is 6.06. The van der Waals surface area contributed by atoms with Crippen molar-refractivity contribution >= 4 is 22.5 Å². The van der Waals surface area contributed by atoms with Crippen LogP contribution in [-0.4, -0.2) is 29.2 Å². The van der Waals surface area contributed by atoms with Crippen LogP contribution < -0.4 is 14.8 Å². The lowest BCUT2D eigenvalue weighted by Crippen LogP contribution is -2.13. The van der Waals surface area contributed by atoms with Gasteiger partial charge in [-0.25, -0.2) is 4.39 Å². The van der Waals surface area contributed by atoms with Crippen LogP contribution in [0.25, 0.3) is 10.9 Å². The van der Waals surface area contributed by atoms with Crippen LogP contribution in [-0.2, 0) is 6.61 Å². The van der Waals surface area contributed by atoms with Crippen molar-refractivity contribution in [2.24, 2.45) is 0 Å². The van der Waals surface area contributed by atoms with Gasteiger partial charge in [0.2, 0.25) is 0 Å². The van der Waals surface area contributed by atoms with Crippen LogP contribution >= 0.6 is 0 Å². The summed E-state index contributed by atoms with van der Waals surface area (Å²) in [4.78, 5) is 15.5. The Morgan fingerprint density at radius 2 is 2.04 bits per heavy atom. The summed E-state index contributed by atoms with van der Waals surface area (Å²) in [5, 5.41) is 13.0. The summed E-state index contributed by atoms with van der Waals surface area (Å²) >= 11 is 0. The highest BCUT2D eigenvalue weighted by Crippen LogP contribution is 2.36. The van der Waals surface area contributed by atoms with Gasteiger partial charge >= 0.3 is 0 Å². The minimum Gasteiger partial charge on any atom is -0.489 e. The Bertz CT molecular complexity index is 983. The van der Waals surface area contributed by atoms with Crippen molar-refractivity contribution in [2.75, 3.05) is 18.5 Å². The van der Waals surface area contributed by atoms with Gasteiger partial charge in [-0.2, -0.15) is 0 Å². The van der Waals surface area contributed by atoms with Crippen LogP contribution in [0.15, 0.2) is 36.4 Å². The van der Waals surface area contributed by atoms with Crippen molar-refractivity contribution < 1.29 is 23.8 Å². The molecule has 0 spiro atoms. The van der Waals surface area contributed by atoms with E-state index >= 15 is 0 Å². The monoisotopic (exact) mass is 356 g/mol. The second-order valence-electron chi connectivity index (χ2n) is 6.04. The van der Waals surface area contributed by atoms with Gasteiger partial charge < -0.3 is 24.9 Å². The number of halogens is 1. The third-order valence-corrected chi connectivity index (χ3v) is 4.18. The van der Waals surface area contributed by atoms with Crippen LogP contribution in [0.5, 0.6) is 11.5 Å². The van der Waals surface area contributed by atoms with Crippen molar-refractivity contribution in [1.29, 1.82) is 0 Å². The third kappa shape index (κ3) is 3.09. The van der Waals surface area contributed by atoms with E-state index in [1.807, 2.05) is 0 Å². The van der Waals surface area contributed by atoms with E-state index < -0.39 is 0 Å². The molecule has 6 nitrogen and oxygen atoms in total. The largest absolute Gasteiger partial charge is 0.489 e. The molecule has 1 aromatic heterocycles. The maximum absolute atomic E-state index is 13.3. The van der Waals surface area contributed by atoms with Crippen LogP contribution in [0.2, 0.25) is 0 Å². The fourth-order valence-electron chi connectivity index (χ4n) is 2.96. The highest BCUT2D eigenvalue weighted by atomic mass is 19.1. The number of amides is 1. The molecule has 0 saturated carbocycles. The highest BCUT2D eigenvalue weighted by Gasteiger charge is 2.18. The maximum atomic E-state index is 13.3. The Kier molecular flexibility index (Phi) is 4.22. The van der Waals surface area contributed by atoms with Gasteiger partial charge in [0.05, 0.1) is 19.8 Å². The molecular formula is C19H17FN2O4. The minimum atomic E-state index is -0.375. The molecule has 3 N–H and O–H groups in total. The molecule has 0 saturated heterocycles. The third-order valence-electron chi connectivity index (χ3n) is 4.18. The molecule has 0 bridgehead atoms. The predicted octanol–water partition coefficient (Wildman–Crippen LogP) is 3.21. The Morgan fingerprint density at radius 1 is 1.19 bits per heavy atom. The zero-order valence-corrected chi connectivity index (χ0v) is 13.8. The molecule has 0 atom stereocenters. The summed E-state index contributed by atoms with van der Waals surface area (Å²) in [6, 6.07) is 9.17. The molecule has 1 aliphatic rings. The molecule has 3 aromatic rings. The molecule has 1 amide bonds. The fraction of sp³-hybridized carbons (Fsp3) is 0.211. The van der Waals surface area contributed by atoms with Crippen molar-refractivity contribution in [3.8, 4) is 11.5 Å². The van der Waals surface area contributed by atoms with Crippen molar-refractivity contribution in [2.45, 2.75) is 13.0 Å². The standard InChI is InChI=1S/C19H17FN2O4/c20-13-2-3-15-11(6-13)8-16(22-15)19(24)21-14-7-12(10-23)18-17(9-14)25-4-1-5-26-18/h2-3,6-9,22-23H,1,4-5,10H2,(H,21,24). The van der Waals surface area contributed by atoms with E-state index in [9.17, 15) is 14.3 Å². The van der Waals surface area contributed by atoms with Gasteiger partial charge in [-0.1, -0.05) is 0 Å². The van der Waals surface area contributed by atoms with Crippen LogP contribution in [0.1, 0.15) is 22.5 Å². The Labute approximate surface area is 148 Å². The van der Waals surface area contributed by atoms with Crippen LogP contribution in [0.4, 0.5) is 10.1 Å². The first kappa shape index (κ1) is 16.4. The van der Waals surface area contributed by atoms with Crippen LogP contribution in [0, 0.1) is 5.82 Å². The summed E-state index contributed by atoms with van der Waals surface area (Å²) in [7, 11) is 0. The van der Waals surface area contributed by atoms with Gasteiger partial charge in [-0.05, 0) is 30.3 Å². The van der Waals surface area contributed by atoms with Crippen molar-refractivity contribution in [3.05, 3.63) is 53.5 Å². The molecule has 7 heteroatoms. The first-order valence-corrected chi connectivity index (χ1v) is 8.27. The van der Waals surface area contributed by atoms with Crippen molar-refractivity contribution in [1.82, 2.24) is 4.98 Å². The summed E-state index contributed by atoms with van der Waals surface area (Å²) in [5.74, 6) is 0.256. The summed E-state index contributed by atoms with van der Waals surface area (Å²) < 4.78 is 24.6. The summed E-state index contributed by atoms with van der Waals surface area (Å²) in [5.41, 5.74) is 2.00. The zero-order valence-electron chi connectivity index (χ0n) is 13.8. The zero-order chi connectivity index (χ0) is 18.1. The SMILES string of the molecule is O=C(Nc1cc(CO)c2c(c1)OCCCO2)c1cc2cc(F)ccc2[nH]1. The van der Waals surface area contributed by atoms with E-state index in [2.05, 4.69) is 10.3 Å². The van der Waals surface area contributed by atoms with Gasteiger partial charge in [0, 0.05) is 34.6 Å². The van der Waals surface area contributed by atoms with E-state index in [4.69, 9.17) is 9.47 Å². The lowest BCUT2D eigenvalue weighted by molar-refractivity contribution is 0.102. The maximum Gasteiger partial charge on any atom is 0.272 e. The number of aromatic nitrogens is 1. The first-order chi connectivity index (χ1) is 12.6. The Balaban J connectivity index is 1.63. The number of nitrogens with one attached hydrogen (secondary N) is 2. The van der Waals surface area contributed by atoms with E-state index in [0.29, 0.717) is 52.6 Å². The lowest BCUT2D eigenvalue weighted by Gasteiger charge is -2.14. The van der Waals surface area contributed by atoms with Crippen LogP contribution in [0.3, 0.4) is 0 Å². The van der Waals surface area contributed by atoms with E-state index in [1.54, 1.807) is 24.3 Å². The van der Waals surface area contributed by atoms with Crippen molar-refractivity contribution in [3.63, 3.8) is 0 Å². The second-order valence-corrected chi connectivity index (χ2v) is 6.04. The van der Waals surface area contributed by atoms with E-state index in [0.717, 1.165) is 6.42 Å². The molecule has 0 fully saturated rings. The normalized spacial score (nSPS) is 13.5. The van der Waals surface area contributed by atoms with Gasteiger partial charge in [0.15, 0.2) is 11.5 Å². The Hall–Kier alpha value is -3.06. The smallest absolute Gasteiger partial charge is 0.272 e. The Morgan fingerprint density at radius 3 is 2.88 bits per heavy atom. The molecule has 4 rings (SSSR count). The summed E-state index contributed by atoms with van der Waals surface area (Å²) in [6.07, 6.45) is 0.743. The number of carbonyl (C=O) groups excluding carboxylic acids is 1. The number of benzene rings is 2. The van der Waals surface area contributed by atoms with Gasteiger partial charge in [0.1, 0.15) is 11.5 Å². The number of ether oxygens (including phenoxy) is 2. The average Bonchev–Trinajstić information content (AvgIpc) is 2.91. The topological polar surface area (TPSA) is 83.6 Å². The number of carbonyl (C=O) groups is 1. The molecule has 1 aliphatic heterocycles. The predicted molar refractivity (Wildman–Crippen MR) is 94.2 cm³/mol. The van der Waals surface area contributed by atoms with Gasteiger partial charge in [-0.3, -0.25) is 4.79 Å². The van der Waals surface area contributed by atoms with Gasteiger partial charge in [-0.15, -0.1) is 0 Å². The minimum absolute atomic E-state index is 0.235. The number of hydrogen-bond acceptors (Lipinski definition) is 4. The quantitative estimate of drug-likeness (QED) is 0.673. The second kappa shape index (κ2) is 6.68. The van der Waals surface area contributed by atoms with E-state index in [-0.39, 0.29) is 18.3 Å². The number of anilines is 1. The molecule has 134 valence electrons. The lowest BCUT2D eigenvalue weighted by atomic mass is 10.1. The van der Waals surface area contributed by atoms with Gasteiger partial charge in [0.25, 0.3) is 5.91 Å². The molecule has 2 heterocycles. The number of fused-ring (bicyclic) bond motifs is 2. The number of hydrogen-bond donors (Lipinski definition) is 3. The first-order valence-electron chi connectivity index (χ1n) is 8.27. The molecule has 2 aromatic carbocycles. The average molecular weight is 356 g/mol. The fourth-order valence-corrected chi connectivity index (χ4v) is 2.96. The summed E-state index contributed by atoms with van der Waals surface area (Å²) in [6.45, 7) is 0.779. The van der Waals surface area contributed by atoms with E-state index in [1.165, 1.54) is 12.1 Å². The molecular weight excluding hydrogens is 339 g/mol. The number of aromatic amines is 1. The molecule has 0 radical (unpaired) electrons. The molecule has 0 aliphatic carbocycles.